The number of nitrogens with zero attached hydrogens (tertiary/aromatic N) is 3. The van der Waals surface area contributed by atoms with Gasteiger partial charge in [-0.2, -0.15) is 0 Å². The smallest absolute Gasteiger partial charge is 0.229 e. The van der Waals surface area contributed by atoms with Crippen LogP contribution in [0.3, 0.4) is 0 Å². The molecule has 0 N–H and O–H groups in total. The Balaban J connectivity index is 2.23. The first-order valence-corrected chi connectivity index (χ1v) is 6.08. The van der Waals surface area contributed by atoms with Gasteiger partial charge in [0.25, 0.3) is 0 Å². The fourth-order valence-electron chi connectivity index (χ4n) is 1.33. The standard InChI is InChI=1S/C8H7BrIN3O/c9-5-1-8(14)13(4-5)7-3-11-6(10)2-12-7/h2-3,5H,1,4H2. The van der Waals surface area contributed by atoms with Gasteiger partial charge in [0.2, 0.25) is 5.91 Å². The van der Waals surface area contributed by atoms with Crippen LogP contribution in [0.1, 0.15) is 6.42 Å². The van der Waals surface area contributed by atoms with Crippen molar-refractivity contribution >= 4 is 50.2 Å². The third-order valence-electron chi connectivity index (χ3n) is 1.96. The molecule has 1 amide bonds. The van der Waals surface area contributed by atoms with Crippen molar-refractivity contribution in [3.63, 3.8) is 0 Å². The van der Waals surface area contributed by atoms with Crippen molar-refractivity contribution < 1.29 is 4.79 Å². The predicted octanol–water partition coefficient (Wildman–Crippen LogP) is 1.58. The molecule has 0 bridgehead atoms. The Bertz CT molecular complexity index is 356. The van der Waals surface area contributed by atoms with Gasteiger partial charge in [0.1, 0.15) is 3.70 Å². The zero-order valence-corrected chi connectivity index (χ0v) is 10.9. The van der Waals surface area contributed by atoms with Crippen LogP contribution in [0.25, 0.3) is 0 Å². The molecule has 2 heterocycles. The second-order valence-electron chi connectivity index (χ2n) is 3.00. The zero-order chi connectivity index (χ0) is 10.1. The lowest BCUT2D eigenvalue weighted by atomic mass is 10.4. The number of hydrogen-bond donors (Lipinski definition) is 0. The molecule has 1 atom stereocenters. The van der Waals surface area contributed by atoms with E-state index in [1.807, 2.05) is 0 Å². The van der Waals surface area contributed by atoms with E-state index in [1.54, 1.807) is 17.3 Å². The number of alkyl halides is 1. The van der Waals surface area contributed by atoms with E-state index in [4.69, 9.17) is 0 Å². The van der Waals surface area contributed by atoms with Crippen molar-refractivity contribution in [1.82, 2.24) is 9.97 Å². The highest BCUT2D eigenvalue weighted by Crippen LogP contribution is 2.22. The molecule has 0 radical (unpaired) electrons. The van der Waals surface area contributed by atoms with Crippen LogP contribution in [0.5, 0.6) is 0 Å². The van der Waals surface area contributed by atoms with Crippen molar-refractivity contribution in [3.8, 4) is 0 Å². The first-order chi connectivity index (χ1) is 6.66. The second kappa shape index (κ2) is 4.09. The fourth-order valence-corrected chi connectivity index (χ4v) is 2.18. The number of rotatable bonds is 1. The van der Waals surface area contributed by atoms with Crippen LogP contribution in [0.15, 0.2) is 12.4 Å². The summed E-state index contributed by atoms with van der Waals surface area (Å²) in [6, 6.07) is 0. The summed E-state index contributed by atoms with van der Waals surface area (Å²) < 4.78 is 0.827. The number of aromatic nitrogens is 2. The van der Waals surface area contributed by atoms with Crippen LogP contribution >= 0.6 is 38.5 Å². The number of carbonyl (C=O) groups excluding carboxylic acids is 1. The summed E-state index contributed by atoms with van der Waals surface area (Å²) in [5.41, 5.74) is 0. The average Bonchev–Trinajstić information content (AvgIpc) is 2.47. The van der Waals surface area contributed by atoms with Gasteiger partial charge in [-0.25, -0.2) is 9.97 Å². The lowest BCUT2D eigenvalue weighted by Crippen LogP contribution is -2.25. The van der Waals surface area contributed by atoms with E-state index in [9.17, 15) is 4.79 Å². The fraction of sp³-hybridized carbons (Fsp3) is 0.375. The van der Waals surface area contributed by atoms with E-state index in [0.29, 0.717) is 18.8 Å². The van der Waals surface area contributed by atoms with E-state index in [0.717, 1.165) is 3.70 Å². The Morgan fingerprint density at radius 2 is 2.29 bits per heavy atom. The molecular weight excluding hydrogens is 361 g/mol. The zero-order valence-electron chi connectivity index (χ0n) is 7.15. The van der Waals surface area contributed by atoms with Gasteiger partial charge < -0.3 is 0 Å². The normalized spacial score (nSPS) is 21.7. The molecule has 0 aliphatic carbocycles. The molecule has 4 nitrogen and oxygen atoms in total. The average molecular weight is 368 g/mol. The summed E-state index contributed by atoms with van der Waals surface area (Å²) in [5, 5.41) is 0. The Hall–Kier alpha value is -0.240. The highest BCUT2D eigenvalue weighted by molar-refractivity contribution is 14.1. The molecule has 2 rings (SSSR count). The lowest BCUT2D eigenvalue weighted by molar-refractivity contribution is -0.117. The minimum absolute atomic E-state index is 0.0994. The maximum atomic E-state index is 11.5. The van der Waals surface area contributed by atoms with Crippen molar-refractivity contribution in [1.29, 1.82) is 0 Å². The van der Waals surface area contributed by atoms with Crippen LogP contribution in [-0.2, 0) is 4.79 Å². The highest BCUT2D eigenvalue weighted by atomic mass is 127. The summed E-state index contributed by atoms with van der Waals surface area (Å²) in [4.78, 5) is 21.6. The van der Waals surface area contributed by atoms with Crippen LogP contribution < -0.4 is 4.90 Å². The van der Waals surface area contributed by atoms with Crippen molar-refractivity contribution in [2.75, 3.05) is 11.4 Å². The van der Waals surface area contributed by atoms with Crippen LogP contribution in [0.4, 0.5) is 5.82 Å². The number of anilines is 1. The van der Waals surface area contributed by atoms with Crippen molar-refractivity contribution in [3.05, 3.63) is 16.1 Å². The molecule has 74 valence electrons. The molecule has 1 aromatic heterocycles. The van der Waals surface area contributed by atoms with Gasteiger partial charge in [0.05, 0.1) is 12.4 Å². The summed E-state index contributed by atoms with van der Waals surface area (Å²) in [7, 11) is 0. The summed E-state index contributed by atoms with van der Waals surface area (Å²) in [6.07, 6.45) is 3.82. The molecule has 0 aromatic carbocycles. The molecule has 1 fully saturated rings. The number of amides is 1. The number of carbonyl (C=O) groups is 1. The minimum Gasteiger partial charge on any atom is -0.294 e. The van der Waals surface area contributed by atoms with E-state index < -0.39 is 0 Å². The monoisotopic (exact) mass is 367 g/mol. The number of halogens is 2. The molecule has 0 spiro atoms. The molecule has 0 saturated carbocycles. The third-order valence-corrected chi connectivity index (χ3v) is 3.13. The maximum Gasteiger partial charge on any atom is 0.229 e. The third kappa shape index (κ3) is 2.05. The van der Waals surface area contributed by atoms with E-state index >= 15 is 0 Å². The molecular formula is C8H7BrIN3O. The molecule has 1 unspecified atom stereocenters. The van der Waals surface area contributed by atoms with E-state index in [1.165, 1.54) is 0 Å². The van der Waals surface area contributed by atoms with Crippen LogP contribution in [0.2, 0.25) is 0 Å². The molecule has 6 heteroatoms. The summed E-state index contributed by atoms with van der Waals surface area (Å²) in [6.45, 7) is 0.675. The van der Waals surface area contributed by atoms with Gasteiger partial charge in [-0.15, -0.1) is 0 Å². The summed E-state index contributed by atoms with van der Waals surface area (Å²) in [5.74, 6) is 0.736. The molecule has 14 heavy (non-hydrogen) atoms. The Morgan fingerprint density at radius 3 is 2.79 bits per heavy atom. The largest absolute Gasteiger partial charge is 0.294 e. The second-order valence-corrected chi connectivity index (χ2v) is 5.40. The predicted molar refractivity (Wildman–Crippen MR) is 64.4 cm³/mol. The lowest BCUT2D eigenvalue weighted by Gasteiger charge is -2.13. The summed E-state index contributed by atoms with van der Waals surface area (Å²) >= 11 is 5.50. The van der Waals surface area contributed by atoms with Crippen LogP contribution in [0, 0.1) is 3.70 Å². The maximum absolute atomic E-state index is 11.5. The van der Waals surface area contributed by atoms with E-state index in [-0.39, 0.29) is 10.7 Å². The van der Waals surface area contributed by atoms with Gasteiger partial charge >= 0.3 is 0 Å². The van der Waals surface area contributed by atoms with Gasteiger partial charge in [-0.1, -0.05) is 15.9 Å². The SMILES string of the molecule is O=C1CC(Br)CN1c1cnc(I)cn1. The number of hydrogen-bond acceptors (Lipinski definition) is 3. The highest BCUT2D eigenvalue weighted by Gasteiger charge is 2.29. The van der Waals surface area contributed by atoms with Gasteiger partial charge in [0, 0.05) is 17.8 Å². The first kappa shape index (κ1) is 10.3. The van der Waals surface area contributed by atoms with Gasteiger partial charge in [-0.3, -0.25) is 9.69 Å². The van der Waals surface area contributed by atoms with Gasteiger partial charge in [-0.05, 0) is 22.6 Å². The van der Waals surface area contributed by atoms with Crippen LogP contribution in [-0.4, -0.2) is 27.2 Å². The first-order valence-electron chi connectivity index (χ1n) is 4.09. The molecule has 1 aromatic rings. The quantitative estimate of drug-likeness (QED) is 0.559. The Morgan fingerprint density at radius 1 is 1.50 bits per heavy atom. The Labute approximate surface area is 103 Å². The molecule has 1 aliphatic heterocycles. The molecule has 1 aliphatic rings. The topological polar surface area (TPSA) is 46.1 Å². The van der Waals surface area contributed by atoms with Crippen molar-refractivity contribution in [2.24, 2.45) is 0 Å². The van der Waals surface area contributed by atoms with Crippen molar-refractivity contribution in [2.45, 2.75) is 11.2 Å². The van der Waals surface area contributed by atoms with Gasteiger partial charge in [0.15, 0.2) is 5.82 Å². The van der Waals surface area contributed by atoms with E-state index in [2.05, 4.69) is 48.5 Å². The molecule has 1 saturated heterocycles. The minimum atomic E-state index is 0.0994. The Kier molecular flexibility index (Phi) is 3.01.